The molecule has 0 aliphatic rings. The predicted octanol–water partition coefficient (Wildman–Crippen LogP) is 3.22. The Morgan fingerprint density at radius 3 is 2.74 bits per heavy atom. The zero-order valence-electron chi connectivity index (χ0n) is 18.3. The van der Waals surface area contributed by atoms with Gasteiger partial charge in [-0.05, 0) is 24.3 Å². The Bertz CT molecular complexity index is 1310. The van der Waals surface area contributed by atoms with Crippen LogP contribution in [0.1, 0.15) is 12.1 Å². The zero-order valence-corrected chi connectivity index (χ0v) is 18.3. The number of hydrogen-bond donors (Lipinski definition) is 2. The average Bonchev–Trinajstić information content (AvgIpc) is 3.23. The van der Waals surface area contributed by atoms with Crippen LogP contribution in [0.4, 0.5) is 20.4 Å². The van der Waals surface area contributed by atoms with Crippen molar-refractivity contribution in [2.24, 2.45) is 0 Å². The van der Waals surface area contributed by atoms with Crippen molar-refractivity contribution in [3.05, 3.63) is 54.5 Å². The van der Waals surface area contributed by atoms with E-state index in [1.54, 1.807) is 53.3 Å². The fraction of sp³-hybridized carbons (Fsp3) is 0.227. The summed E-state index contributed by atoms with van der Waals surface area (Å²) in [4.78, 5) is 24.7. The largest absolute Gasteiger partial charge is 0.491 e. The molecular formula is C22H21F2N7O3. The molecule has 4 aromatic rings. The molecule has 0 aromatic carbocycles. The number of methoxy groups -OCH3 is 2. The third-order valence-electron chi connectivity index (χ3n) is 4.72. The highest BCUT2D eigenvalue weighted by Gasteiger charge is 2.12. The summed E-state index contributed by atoms with van der Waals surface area (Å²) in [6, 6.07) is 10.5. The number of carbonyl (C=O) groups is 1. The Hall–Kier alpha value is -4.35. The van der Waals surface area contributed by atoms with E-state index in [1.165, 1.54) is 14.2 Å². The molecule has 0 saturated heterocycles. The molecule has 0 saturated carbocycles. The Morgan fingerprint density at radius 2 is 1.97 bits per heavy atom. The maximum absolute atomic E-state index is 12.3. The van der Waals surface area contributed by atoms with Gasteiger partial charge in [-0.1, -0.05) is 6.07 Å². The average molecular weight is 469 g/mol. The Kier molecular flexibility index (Phi) is 6.76. The van der Waals surface area contributed by atoms with E-state index in [1.807, 2.05) is 0 Å². The summed E-state index contributed by atoms with van der Waals surface area (Å²) < 4.78 is 36.6. The highest BCUT2D eigenvalue weighted by molar-refractivity contribution is 5.76. The third kappa shape index (κ3) is 5.34. The molecule has 0 aliphatic carbocycles. The first-order valence-corrected chi connectivity index (χ1v) is 10.2. The molecule has 4 rings (SSSR count). The molecule has 10 nitrogen and oxygen atoms in total. The van der Waals surface area contributed by atoms with Crippen LogP contribution in [0, 0.1) is 0 Å². The first-order valence-electron chi connectivity index (χ1n) is 10.2. The molecular weight excluding hydrogens is 448 g/mol. The minimum absolute atomic E-state index is 0.0382. The van der Waals surface area contributed by atoms with Crippen molar-refractivity contribution >= 4 is 23.2 Å². The summed E-state index contributed by atoms with van der Waals surface area (Å²) >= 11 is 0. The van der Waals surface area contributed by atoms with E-state index in [0.717, 1.165) is 5.56 Å². The Balaban J connectivity index is 1.49. The zero-order chi connectivity index (χ0) is 24.1. The lowest BCUT2D eigenvalue weighted by Gasteiger charge is -2.08. The van der Waals surface area contributed by atoms with Crippen LogP contribution >= 0.6 is 0 Å². The number of fused-ring (bicyclic) bond motifs is 1. The van der Waals surface area contributed by atoms with Gasteiger partial charge in [-0.3, -0.25) is 4.79 Å². The van der Waals surface area contributed by atoms with Gasteiger partial charge in [-0.25, -0.2) is 28.2 Å². The number of pyridine rings is 2. The molecule has 176 valence electrons. The quantitative estimate of drug-likeness (QED) is 0.384. The number of nitrogens with one attached hydrogen (secondary N) is 2. The van der Waals surface area contributed by atoms with Gasteiger partial charge in [0.05, 0.1) is 38.6 Å². The van der Waals surface area contributed by atoms with Gasteiger partial charge in [-0.2, -0.15) is 0 Å². The fourth-order valence-electron chi connectivity index (χ4n) is 3.15. The molecule has 4 heterocycles. The molecule has 4 aromatic heterocycles. The minimum Gasteiger partial charge on any atom is -0.491 e. The maximum atomic E-state index is 12.3. The molecule has 0 atom stereocenters. The number of amides is 1. The summed E-state index contributed by atoms with van der Waals surface area (Å²) in [7, 11) is 3.05. The molecule has 0 radical (unpaired) electrons. The van der Waals surface area contributed by atoms with Crippen LogP contribution < -0.4 is 20.1 Å². The van der Waals surface area contributed by atoms with E-state index in [4.69, 9.17) is 9.47 Å². The SMILES string of the molecule is COc1cc(-c2ccn3nc(Nc4cccc(CNC(=O)CC(F)F)n4)cc3n2)cnc1OC. The van der Waals surface area contributed by atoms with Crippen LogP contribution in [0.2, 0.25) is 0 Å². The molecule has 0 unspecified atom stereocenters. The molecule has 34 heavy (non-hydrogen) atoms. The number of alkyl halides is 2. The second-order valence-electron chi connectivity index (χ2n) is 7.09. The minimum atomic E-state index is -2.69. The van der Waals surface area contributed by atoms with E-state index >= 15 is 0 Å². The maximum Gasteiger partial charge on any atom is 0.256 e. The van der Waals surface area contributed by atoms with Crippen LogP contribution in [-0.2, 0) is 11.3 Å². The van der Waals surface area contributed by atoms with Crippen molar-refractivity contribution in [3.63, 3.8) is 0 Å². The van der Waals surface area contributed by atoms with E-state index in [-0.39, 0.29) is 6.54 Å². The molecule has 0 aliphatic heterocycles. The number of nitrogens with zero attached hydrogens (tertiary/aromatic N) is 5. The van der Waals surface area contributed by atoms with Gasteiger partial charge < -0.3 is 20.1 Å². The van der Waals surface area contributed by atoms with Crippen LogP contribution in [0.5, 0.6) is 11.6 Å². The van der Waals surface area contributed by atoms with Gasteiger partial charge in [0.2, 0.25) is 12.3 Å². The summed E-state index contributed by atoms with van der Waals surface area (Å²) in [6.45, 7) is 0.0382. The van der Waals surface area contributed by atoms with Crippen LogP contribution in [-0.4, -0.2) is 51.1 Å². The number of rotatable bonds is 9. The fourth-order valence-corrected chi connectivity index (χ4v) is 3.15. The van der Waals surface area contributed by atoms with Gasteiger partial charge >= 0.3 is 0 Å². The van der Waals surface area contributed by atoms with Gasteiger partial charge in [0, 0.05) is 24.0 Å². The van der Waals surface area contributed by atoms with Gasteiger partial charge in [-0.15, -0.1) is 5.10 Å². The predicted molar refractivity (Wildman–Crippen MR) is 119 cm³/mol. The number of carbonyl (C=O) groups excluding carboxylic acids is 1. The lowest BCUT2D eigenvalue weighted by molar-refractivity contribution is -0.123. The lowest BCUT2D eigenvalue weighted by atomic mass is 10.2. The van der Waals surface area contributed by atoms with Crippen LogP contribution in [0.15, 0.2) is 48.8 Å². The third-order valence-corrected chi connectivity index (χ3v) is 4.72. The second-order valence-corrected chi connectivity index (χ2v) is 7.09. The van der Waals surface area contributed by atoms with Gasteiger partial charge in [0.1, 0.15) is 5.82 Å². The van der Waals surface area contributed by atoms with Crippen molar-refractivity contribution in [3.8, 4) is 22.9 Å². The molecule has 1 amide bonds. The van der Waals surface area contributed by atoms with Crippen molar-refractivity contribution in [1.82, 2.24) is 29.9 Å². The first kappa shape index (κ1) is 22.8. The van der Waals surface area contributed by atoms with E-state index in [2.05, 4.69) is 30.7 Å². The second kappa shape index (κ2) is 10.1. The summed E-state index contributed by atoms with van der Waals surface area (Å²) in [6.07, 6.45) is -0.117. The van der Waals surface area contributed by atoms with Gasteiger partial charge in [0.15, 0.2) is 17.2 Å². The van der Waals surface area contributed by atoms with Crippen LogP contribution in [0.25, 0.3) is 16.9 Å². The molecule has 0 fully saturated rings. The van der Waals surface area contributed by atoms with Crippen LogP contribution in [0.3, 0.4) is 0 Å². The van der Waals surface area contributed by atoms with E-state index in [9.17, 15) is 13.6 Å². The number of hydrogen-bond acceptors (Lipinski definition) is 8. The first-order chi connectivity index (χ1) is 16.4. The van der Waals surface area contributed by atoms with Crippen molar-refractivity contribution in [1.29, 1.82) is 0 Å². The normalized spacial score (nSPS) is 11.0. The molecule has 0 spiro atoms. The summed E-state index contributed by atoms with van der Waals surface area (Å²) in [5, 5.41) is 9.93. The standard InChI is InChI=1S/C22H21F2N7O3/c1-33-16-8-13(11-26-22(16)34-2)15-6-7-31-20(28-15)10-19(30-31)29-18-5-3-4-14(27-18)12-25-21(32)9-17(23)24/h3-8,10-11,17H,9,12H2,1-2H3,(H,25,32)(H,27,29,30). The molecule has 12 heteroatoms. The highest BCUT2D eigenvalue weighted by atomic mass is 19.3. The van der Waals surface area contributed by atoms with E-state index in [0.29, 0.717) is 40.3 Å². The van der Waals surface area contributed by atoms with Crippen molar-refractivity contribution < 1.29 is 23.0 Å². The van der Waals surface area contributed by atoms with Crippen molar-refractivity contribution in [2.75, 3.05) is 19.5 Å². The van der Waals surface area contributed by atoms with E-state index < -0.39 is 18.8 Å². The number of anilines is 2. The highest BCUT2D eigenvalue weighted by Crippen LogP contribution is 2.29. The Labute approximate surface area is 193 Å². The number of aromatic nitrogens is 5. The van der Waals surface area contributed by atoms with Crippen molar-refractivity contribution in [2.45, 2.75) is 19.4 Å². The Morgan fingerprint density at radius 1 is 1.12 bits per heavy atom. The molecule has 2 N–H and O–H groups in total. The number of ether oxygens (including phenoxy) is 2. The number of halogens is 2. The molecule has 0 bridgehead atoms. The lowest BCUT2D eigenvalue weighted by Crippen LogP contribution is -2.25. The smallest absolute Gasteiger partial charge is 0.256 e. The summed E-state index contributed by atoms with van der Waals surface area (Å²) in [5.41, 5.74) is 2.52. The summed E-state index contributed by atoms with van der Waals surface area (Å²) in [5.74, 6) is 1.12. The van der Waals surface area contributed by atoms with Gasteiger partial charge in [0.25, 0.3) is 5.88 Å². The monoisotopic (exact) mass is 469 g/mol. The topological polar surface area (TPSA) is 116 Å².